The number of ether oxygens (including phenoxy) is 3. The summed E-state index contributed by atoms with van der Waals surface area (Å²) in [6.07, 6.45) is 1.51. The number of nitrogens with zero attached hydrogens (tertiary/aromatic N) is 1. The van der Waals surface area contributed by atoms with Crippen molar-refractivity contribution in [3.8, 4) is 17.2 Å². The Hall–Kier alpha value is -4.98. The number of likely N-dealkylation sites (tertiary alicyclic amines) is 1. The number of ketones is 1. The summed E-state index contributed by atoms with van der Waals surface area (Å²) in [7, 11) is 0. The lowest BCUT2D eigenvalue weighted by Crippen LogP contribution is -2.29. The Kier molecular flexibility index (Phi) is 6.50. The summed E-state index contributed by atoms with van der Waals surface area (Å²) >= 11 is 0. The first-order valence-electron chi connectivity index (χ1n) is 12.6. The average Bonchev–Trinajstić information content (AvgIpc) is 3.58. The Balaban J connectivity index is 1.40. The number of Topliss-reactive ketones (excluding diaryl/α,β-unsaturated/α-hetero) is 1. The Bertz CT molecular complexity index is 1540. The van der Waals surface area contributed by atoms with Crippen molar-refractivity contribution < 1.29 is 33.3 Å². The topological polar surface area (TPSA) is 98.4 Å². The molecule has 2 aliphatic rings. The van der Waals surface area contributed by atoms with E-state index in [9.17, 15) is 14.7 Å². The minimum absolute atomic E-state index is 0.0246. The maximum absolute atomic E-state index is 13.4. The first-order valence-corrected chi connectivity index (χ1v) is 12.6. The number of aliphatic hydroxyl groups is 1. The van der Waals surface area contributed by atoms with Crippen LogP contribution >= 0.6 is 0 Å². The van der Waals surface area contributed by atoms with Crippen LogP contribution < -0.4 is 14.2 Å². The van der Waals surface area contributed by atoms with Crippen LogP contribution in [0.25, 0.3) is 5.76 Å². The number of rotatable bonds is 7. The number of amides is 1. The van der Waals surface area contributed by atoms with Gasteiger partial charge in [-0.25, -0.2) is 0 Å². The van der Waals surface area contributed by atoms with Crippen LogP contribution in [0.3, 0.4) is 0 Å². The molecule has 0 saturated carbocycles. The van der Waals surface area contributed by atoms with Gasteiger partial charge in [0.05, 0.1) is 24.4 Å². The average molecular weight is 524 g/mol. The second-order valence-corrected chi connectivity index (χ2v) is 9.21. The van der Waals surface area contributed by atoms with Gasteiger partial charge in [-0.05, 0) is 53.6 Å². The van der Waals surface area contributed by atoms with E-state index in [4.69, 9.17) is 18.6 Å². The van der Waals surface area contributed by atoms with Gasteiger partial charge in [0.2, 0.25) is 0 Å². The molecule has 4 aromatic rings. The maximum atomic E-state index is 13.4. The fourth-order valence-electron chi connectivity index (χ4n) is 4.82. The van der Waals surface area contributed by atoms with Crippen molar-refractivity contribution in [2.75, 3.05) is 13.2 Å². The number of hydrogen-bond acceptors (Lipinski definition) is 7. The first kappa shape index (κ1) is 24.4. The summed E-state index contributed by atoms with van der Waals surface area (Å²) < 4.78 is 22.7. The fraction of sp³-hybridized carbons (Fsp3) is 0.161. The highest BCUT2D eigenvalue weighted by molar-refractivity contribution is 6.46. The Morgan fingerprint density at radius 1 is 0.897 bits per heavy atom. The molecule has 1 atom stereocenters. The van der Waals surface area contributed by atoms with E-state index in [1.54, 1.807) is 48.5 Å². The number of benzene rings is 3. The van der Waals surface area contributed by atoms with Crippen LogP contribution in [0.15, 0.2) is 101 Å². The normalized spacial score (nSPS) is 17.8. The van der Waals surface area contributed by atoms with Crippen molar-refractivity contribution in [2.45, 2.75) is 19.2 Å². The van der Waals surface area contributed by atoms with Gasteiger partial charge in [0.25, 0.3) is 11.7 Å². The third kappa shape index (κ3) is 4.84. The van der Waals surface area contributed by atoms with Gasteiger partial charge in [-0.3, -0.25) is 9.59 Å². The molecule has 1 aromatic heterocycles. The number of fused-ring (bicyclic) bond motifs is 1. The van der Waals surface area contributed by atoms with Gasteiger partial charge in [0, 0.05) is 5.56 Å². The molecule has 2 aliphatic heterocycles. The van der Waals surface area contributed by atoms with Crippen LogP contribution in [-0.2, 0) is 22.7 Å². The highest BCUT2D eigenvalue weighted by Crippen LogP contribution is 2.42. The molecular weight excluding hydrogens is 498 g/mol. The Labute approximate surface area is 224 Å². The molecular formula is C31H25NO7. The van der Waals surface area contributed by atoms with E-state index in [0.29, 0.717) is 54.0 Å². The van der Waals surface area contributed by atoms with Crippen molar-refractivity contribution in [1.29, 1.82) is 0 Å². The predicted molar refractivity (Wildman–Crippen MR) is 141 cm³/mol. The second kappa shape index (κ2) is 10.4. The van der Waals surface area contributed by atoms with E-state index in [-0.39, 0.29) is 17.9 Å². The van der Waals surface area contributed by atoms with Crippen molar-refractivity contribution in [3.05, 3.63) is 119 Å². The number of hydrogen-bond donors (Lipinski definition) is 1. The molecule has 196 valence electrons. The smallest absolute Gasteiger partial charge is 0.296 e. The lowest BCUT2D eigenvalue weighted by molar-refractivity contribution is -0.140. The van der Waals surface area contributed by atoms with E-state index in [1.165, 1.54) is 11.2 Å². The number of aliphatic hydroxyl groups excluding tert-OH is 1. The van der Waals surface area contributed by atoms with Crippen molar-refractivity contribution in [1.82, 2.24) is 4.90 Å². The van der Waals surface area contributed by atoms with Crippen LogP contribution in [0, 0.1) is 0 Å². The molecule has 8 heteroatoms. The van der Waals surface area contributed by atoms with E-state index < -0.39 is 17.7 Å². The highest BCUT2D eigenvalue weighted by atomic mass is 16.6. The molecule has 1 amide bonds. The second-order valence-electron chi connectivity index (χ2n) is 9.21. The van der Waals surface area contributed by atoms with Crippen LogP contribution in [0.1, 0.15) is 28.5 Å². The summed E-state index contributed by atoms with van der Waals surface area (Å²) in [4.78, 5) is 28.1. The van der Waals surface area contributed by atoms with Gasteiger partial charge in [0.1, 0.15) is 37.1 Å². The van der Waals surface area contributed by atoms with Gasteiger partial charge >= 0.3 is 0 Å². The van der Waals surface area contributed by atoms with Gasteiger partial charge in [-0.2, -0.15) is 0 Å². The van der Waals surface area contributed by atoms with Crippen molar-refractivity contribution >= 4 is 17.4 Å². The molecule has 1 saturated heterocycles. The van der Waals surface area contributed by atoms with E-state index in [2.05, 4.69) is 0 Å². The van der Waals surface area contributed by atoms with Crippen molar-refractivity contribution in [2.24, 2.45) is 0 Å². The number of carbonyl (C=O) groups is 2. The SMILES string of the molecule is O=C1C(=O)N(Cc2ccco2)C(c2cccc(OCc3ccccc3)c2)/C1=C(\O)c1ccc2c(c1)OCCO2. The van der Waals surface area contributed by atoms with Crippen molar-refractivity contribution in [3.63, 3.8) is 0 Å². The van der Waals surface area contributed by atoms with Gasteiger partial charge < -0.3 is 28.6 Å². The third-order valence-corrected chi connectivity index (χ3v) is 6.68. The highest BCUT2D eigenvalue weighted by Gasteiger charge is 2.46. The molecule has 0 bridgehead atoms. The molecule has 1 N–H and O–H groups in total. The van der Waals surface area contributed by atoms with Crippen LogP contribution in [0.2, 0.25) is 0 Å². The van der Waals surface area contributed by atoms with Gasteiger partial charge in [-0.15, -0.1) is 0 Å². The minimum atomic E-state index is -0.872. The standard InChI is InChI=1S/C31H25NO7/c33-29(22-11-12-25-26(17-22)38-15-14-37-25)27-28(32(31(35)30(27)34)18-24-10-5-13-36-24)21-8-4-9-23(16-21)39-19-20-6-2-1-3-7-20/h1-13,16-17,28,33H,14-15,18-19H2/b29-27+. The summed E-state index contributed by atoms with van der Waals surface area (Å²) in [6.45, 7) is 1.21. The van der Waals surface area contributed by atoms with E-state index in [0.717, 1.165) is 5.56 Å². The molecule has 0 spiro atoms. The zero-order valence-electron chi connectivity index (χ0n) is 20.9. The Morgan fingerprint density at radius 2 is 1.72 bits per heavy atom. The zero-order valence-corrected chi connectivity index (χ0v) is 20.9. The molecule has 39 heavy (non-hydrogen) atoms. The molecule has 6 rings (SSSR count). The van der Waals surface area contributed by atoms with Crippen LogP contribution in [-0.4, -0.2) is 34.9 Å². The third-order valence-electron chi connectivity index (χ3n) is 6.68. The summed E-state index contributed by atoms with van der Waals surface area (Å²) in [5, 5.41) is 11.4. The maximum Gasteiger partial charge on any atom is 0.296 e. The van der Waals surface area contributed by atoms with Crippen LogP contribution in [0.4, 0.5) is 0 Å². The fourth-order valence-corrected chi connectivity index (χ4v) is 4.82. The molecule has 8 nitrogen and oxygen atoms in total. The quantitative estimate of drug-likeness (QED) is 0.201. The van der Waals surface area contributed by atoms with E-state index >= 15 is 0 Å². The minimum Gasteiger partial charge on any atom is -0.507 e. The molecule has 3 heterocycles. The molecule has 0 radical (unpaired) electrons. The zero-order chi connectivity index (χ0) is 26.8. The lowest BCUT2D eigenvalue weighted by atomic mass is 9.95. The molecule has 1 fully saturated rings. The van der Waals surface area contributed by atoms with Gasteiger partial charge in [-0.1, -0.05) is 42.5 Å². The van der Waals surface area contributed by atoms with Gasteiger partial charge in [0.15, 0.2) is 11.5 Å². The van der Waals surface area contributed by atoms with Crippen LogP contribution in [0.5, 0.6) is 17.2 Å². The van der Waals surface area contributed by atoms with E-state index in [1.807, 2.05) is 36.4 Å². The largest absolute Gasteiger partial charge is 0.507 e. The number of carbonyl (C=O) groups excluding carboxylic acids is 2. The number of furan rings is 1. The monoisotopic (exact) mass is 523 g/mol. The predicted octanol–water partition coefficient (Wildman–Crippen LogP) is 5.25. The summed E-state index contributed by atoms with van der Waals surface area (Å²) in [6, 6.07) is 24.5. The lowest BCUT2D eigenvalue weighted by Gasteiger charge is -2.25. The molecule has 3 aromatic carbocycles. The molecule has 1 unspecified atom stereocenters. The Morgan fingerprint density at radius 3 is 2.51 bits per heavy atom. The molecule has 0 aliphatic carbocycles. The summed E-state index contributed by atoms with van der Waals surface area (Å²) in [5.74, 6) is 0.282. The first-order chi connectivity index (χ1) is 19.1. The summed E-state index contributed by atoms with van der Waals surface area (Å²) in [5.41, 5.74) is 1.94.